The molecule has 0 heterocycles. The second kappa shape index (κ2) is 4.86. The van der Waals surface area contributed by atoms with Crippen molar-refractivity contribution in [2.75, 3.05) is 11.9 Å². The van der Waals surface area contributed by atoms with Gasteiger partial charge in [-0.3, -0.25) is 0 Å². The van der Waals surface area contributed by atoms with Crippen LogP contribution >= 0.6 is 0 Å². The van der Waals surface area contributed by atoms with Gasteiger partial charge in [0, 0.05) is 24.8 Å². The van der Waals surface area contributed by atoms with Crippen LogP contribution in [0.4, 0.5) is 5.69 Å². The van der Waals surface area contributed by atoms with Crippen molar-refractivity contribution in [3.63, 3.8) is 0 Å². The van der Waals surface area contributed by atoms with Gasteiger partial charge in [0.1, 0.15) is 0 Å². The van der Waals surface area contributed by atoms with E-state index in [1.807, 2.05) is 0 Å². The molecule has 2 unspecified atom stereocenters. The molecule has 0 aromatic heterocycles. The van der Waals surface area contributed by atoms with Gasteiger partial charge in [-0.05, 0) is 49.1 Å². The van der Waals surface area contributed by atoms with E-state index in [9.17, 15) is 0 Å². The number of fused-ring (bicyclic) bond motifs is 1. The zero-order chi connectivity index (χ0) is 13.4. The van der Waals surface area contributed by atoms with E-state index in [4.69, 9.17) is 5.73 Å². The second-order valence-corrected chi connectivity index (χ2v) is 5.81. The Morgan fingerprint density at radius 2 is 1.79 bits per heavy atom. The third-order valence-corrected chi connectivity index (χ3v) is 4.42. The zero-order valence-corrected chi connectivity index (χ0v) is 11.8. The largest absolute Gasteiger partial charge is 0.370 e. The molecule has 2 aromatic carbocycles. The second-order valence-electron chi connectivity index (χ2n) is 5.81. The van der Waals surface area contributed by atoms with Gasteiger partial charge < -0.3 is 10.6 Å². The molecule has 1 saturated carbocycles. The molecule has 0 saturated heterocycles. The first kappa shape index (κ1) is 12.5. The number of hydrogen-bond acceptors (Lipinski definition) is 2. The molecule has 1 aliphatic carbocycles. The van der Waals surface area contributed by atoms with Gasteiger partial charge in [0.15, 0.2) is 0 Å². The van der Waals surface area contributed by atoms with Crippen LogP contribution in [0.25, 0.3) is 10.8 Å². The van der Waals surface area contributed by atoms with Crippen LogP contribution in [0.3, 0.4) is 0 Å². The maximum Gasteiger partial charge on any atom is 0.0437 e. The smallest absolute Gasteiger partial charge is 0.0437 e. The number of rotatable bonds is 2. The highest BCUT2D eigenvalue weighted by Gasteiger charge is 2.27. The van der Waals surface area contributed by atoms with Crippen LogP contribution in [0, 0.1) is 6.92 Å². The number of aryl methyl sites for hydroxylation is 1. The lowest BCUT2D eigenvalue weighted by molar-refractivity contribution is 0.573. The quantitative estimate of drug-likeness (QED) is 0.889. The minimum atomic E-state index is 0.318. The van der Waals surface area contributed by atoms with E-state index in [1.54, 1.807) is 0 Å². The first-order valence-corrected chi connectivity index (χ1v) is 7.14. The molecular weight excluding hydrogens is 232 g/mol. The Hall–Kier alpha value is -1.54. The van der Waals surface area contributed by atoms with Crippen LogP contribution in [0.15, 0.2) is 36.4 Å². The van der Waals surface area contributed by atoms with Gasteiger partial charge >= 0.3 is 0 Å². The summed E-state index contributed by atoms with van der Waals surface area (Å²) in [6.07, 6.45) is 3.62. The van der Waals surface area contributed by atoms with E-state index in [0.29, 0.717) is 12.1 Å². The molecule has 3 rings (SSSR count). The van der Waals surface area contributed by atoms with Gasteiger partial charge in [0.2, 0.25) is 0 Å². The van der Waals surface area contributed by atoms with E-state index in [0.717, 1.165) is 6.42 Å². The molecule has 2 heteroatoms. The van der Waals surface area contributed by atoms with Crippen molar-refractivity contribution in [3.05, 3.63) is 42.0 Å². The van der Waals surface area contributed by atoms with Crippen LogP contribution in [-0.4, -0.2) is 19.1 Å². The van der Waals surface area contributed by atoms with Crippen molar-refractivity contribution in [1.82, 2.24) is 0 Å². The summed E-state index contributed by atoms with van der Waals surface area (Å²) in [5.41, 5.74) is 8.80. The number of nitrogens with two attached hydrogens (primary N) is 1. The number of nitrogens with zero attached hydrogens (tertiary/aromatic N) is 1. The molecule has 0 aliphatic heterocycles. The minimum Gasteiger partial charge on any atom is -0.370 e. The monoisotopic (exact) mass is 254 g/mol. The molecule has 0 radical (unpaired) electrons. The van der Waals surface area contributed by atoms with Gasteiger partial charge in [-0.2, -0.15) is 0 Å². The Bertz CT molecular complexity index is 591. The molecule has 100 valence electrons. The topological polar surface area (TPSA) is 29.3 Å². The summed E-state index contributed by atoms with van der Waals surface area (Å²) in [5, 5.41) is 2.62. The third-order valence-electron chi connectivity index (χ3n) is 4.42. The third kappa shape index (κ3) is 2.33. The van der Waals surface area contributed by atoms with Crippen LogP contribution < -0.4 is 10.6 Å². The average molecular weight is 254 g/mol. The zero-order valence-electron chi connectivity index (χ0n) is 11.8. The molecule has 0 amide bonds. The number of anilines is 1. The summed E-state index contributed by atoms with van der Waals surface area (Å²) >= 11 is 0. The molecule has 2 atom stereocenters. The first-order valence-electron chi connectivity index (χ1n) is 7.14. The van der Waals surface area contributed by atoms with E-state index < -0.39 is 0 Å². The van der Waals surface area contributed by atoms with Crippen molar-refractivity contribution >= 4 is 16.5 Å². The van der Waals surface area contributed by atoms with Crippen LogP contribution in [0.2, 0.25) is 0 Å². The fraction of sp³-hybridized carbons (Fsp3) is 0.412. The normalized spacial score (nSPS) is 22.9. The molecule has 2 N–H and O–H groups in total. The van der Waals surface area contributed by atoms with Crippen molar-refractivity contribution in [2.45, 2.75) is 38.3 Å². The average Bonchev–Trinajstić information content (AvgIpc) is 2.83. The maximum absolute atomic E-state index is 6.21. The standard InChI is InChI=1S/C17H22N2/c1-12-6-7-14-11-15(9-8-13(14)10-12)19(2)17-5-3-4-16(17)18/h6-11,16-17H,3-5,18H2,1-2H3. The minimum absolute atomic E-state index is 0.318. The summed E-state index contributed by atoms with van der Waals surface area (Å²) < 4.78 is 0. The molecule has 0 spiro atoms. The van der Waals surface area contributed by atoms with Gasteiger partial charge in [0.05, 0.1) is 0 Å². The van der Waals surface area contributed by atoms with Gasteiger partial charge in [-0.1, -0.05) is 29.8 Å². The van der Waals surface area contributed by atoms with E-state index in [2.05, 4.69) is 55.3 Å². The van der Waals surface area contributed by atoms with Crippen LogP contribution in [0.5, 0.6) is 0 Å². The predicted molar refractivity (Wildman–Crippen MR) is 82.7 cm³/mol. The lowest BCUT2D eigenvalue weighted by atomic mass is 10.1. The summed E-state index contributed by atoms with van der Waals surface area (Å²) in [5.74, 6) is 0. The molecule has 1 fully saturated rings. The van der Waals surface area contributed by atoms with E-state index >= 15 is 0 Å². The number of likely N-dealkylation sites (N-methyl/N-ethyl adjacent to an activating group) is 1. The molecule has 19 heavy (non-hydrogen) atoms. The van der Waals surface area contributed by atoms with Crippen LogP contribution in [0.1, 0.15) is 24.8 Å². The highest BCUT2D eigenvalue weighted by Crippen LogP contribution is 2.28. The van der Waals surface area contributed by atoms with Gasteiger partial charge in [-0.25, -0.2) is 0 Å². The first-order chi connectivity index (χ1) is 9.15. The van der Waals surface area contributed by atoms with E-state index in [1.165, 1.54) is 34.9 Å². The summed E-state index contributed by atoms with van der Waals surface area (Å²) in [7, 11) is 2.17. The summed E-state index contributed by atoms with van der Waals surface area (Å²) in [4.78, 5) is 2.36. The van der Waals surface area contributed by atoms with E-state index in [-0.39, 0.29) is 0 Å². The van der Waals surface area contributed by atoms with Crippen molar-refractivity contribution in [2.24, 2.45) is 5.73 Å². The van der Waals surface area contributed by atoms with Gasteiger partial charge in [0.25, 0.3) is 0 Å². The summed E-state index contributed by atoms with van der Waals surface area (Å²) in [6.45, 7) is 2.14. The fourth-order valence-corrected chi connectivity index (χ4v) is 3.21. The predicted octanol–water partition coefficient (Wildman–Crippen LogP) is 3.46. The van der Waals surface area contributed by atoms with Crippen molar-refractivity contribution in [1.29, 1.82) is 0 Å². The van der Waals surface area contributed by atoms with Gasteiger partial charge in [-0.15, -0.1) is 0 Å². The molecule has 1 aliphatic rings. The molecule has 2 aromatic rings. The molecule has 0 bridgehead atoms. The molecular formula is C17H22N2. The Morgan fingerprint density at radius 1 is 1.05 bits per heavy atom. The molecule has 2 nitrogen and oxygen atoms in total. The maximum atomic E-state index is 6.21. The number of hydrogen-bond donors (Lipinski definition) is 1. The Balaban J connectivity index is 1.94. The fourth-order valence-electron chi connectivity index (χ4n) is 3.21. The van der Waals surface area contributed by atoms with Crippen LogP contribution in [-0.2, 0) is 0 Å². The Kier molecular flexibility index (Phi) is 3.19. The van der Waals surface area contributed by atoms with Crippen molar-refractivity contribution in [3.8, 4) is 0 Å². The Labute approximate surface area is 115 Å². The lowest BCUT2D eigenvalue weighted by Crippen LogP contribution is -2.42. The summed E-state index contributed by atoms with van der Waals surface area (Å²) in [6, 6.07) is 14.1. The van der Waals surface area contributed by atoms with Crippen molar-refractivity contribution < 1.29 is 0 Å². The Morgan fingerprint density at radius 3 is 2.53 bits per heavy atom. The highest BCUT2D eigenvalue weighted by molar-refractivity contribution is 5.86. The highest BCUT2D eigenvalue weighted by atomic mass is 15.2. The SMILES string of the molecule is Cc1ccc2cc(N(C)C3CCCC3N)ccc2c1. The number of benzene rings is 2. The lowest BCUT2D eigenvalue weighted by Gasteiger charge is -2.30.